The summed E-state index contributed by atoms with van der Waals surface area (Å²) in [6, 6.07) is 4.54. The molecular formula is C27H47OP. The first-order valence-corrected chi connectivity index (χ1v) is 12.5. The summed E-state index contributed by atoms with van der Waals surface area (Å²) in [5.41, 5.74) is 5.24. The zero-order chi connectivity index (χ0) is 21.9. The number of benzene rings is 1. The van der Waals surface area contributed by atoms with E-state index in [9.17, 15) is 5.11 Å². The van der Waals surface area contributed by atoms with Crippen LogP contribution in [0.3, 0.4) is 0 Å². The predicted octanol–water partition coefficient (Wildman–Crippen LogP) is 7.60. The predicted molar refractivity (Wildman–Crippen MR) is 134 cm³/mol. The number of allylic oxidation sites excluding steroid dienone is 2. The van der Waals surface area contributed by atoms with Crippen molar-refractivity contribution in [3.8, 4) is 0 Å². The van der Waals surface area contributed by atoms with Gasteiger partial charge in [-0.2, -0.15) is 0 Å². The smallest absolute Gasteiger partial charge is 0.0619 e. The molecule has 3 unspecified atom stereocenters. The minimum Gasteiger partial charge on any atom is -0.390 e. The summed E-state index contributed by atoms with van der Waals surface area (Å²) in [7, 11) is 2.94. The van der Waals surface area contributed by atoms with Crippen LogP contribution in [0.5, 0.6) is 0 Å². The van der Waals surface area contributed by atoms with Gasteiger partial charge in [-0.25, -0.2) is 0 Å². The highest BCUT2D eigenvalue weighted by molar-refractivity contribution is 7.27. The lowest BCUT2D eigenvalue weighted by atomic mass is 9.88. The van der Waals surface area contributed by atoms with Crippen LogP contribution in [0.25, 0.3) is 0 Å². The minimum atomic E-state index is -0.509. The van der Waals surface area contributed by atoms with Crippen molar-refractivity contribution in [1.82, 2.24) is 0 Å². The Hall–Kier alpha value is -0.650. The minimum absolute atomic E-state index is 0.509. The van der Waals surface area contributed by atoms with Gasteiger partial charge in [0.2, 0.25) is 0 Å². The molecular weight excluding hydrogens is 371 g/mol. The van der Waals surface area contributed by atoms with E-state index in [1.807, 2.05) is 6.92 Å². The molecule has 0 aliphatic carbocycles. The summed E-state index contributed by atoms with van der Waals surface area (Å²) in [6.07, 6.45) is 14.9. The largest absolute Gasteiger partial charge is 0.390 e. The average molecular weight is 419 g/mol. The van der Waals surface area contributed by atoms with Crippen LogP contribution in [-0.2, 0) is 6.42 Å². The molecule has 0 radical (unpaired) electrons. The Bertz CT molecular complexity index is 630. The van der Waals surface area contributed by atoms with E-state index in [0.29, 0.717) is 5.92 Å². The van der Waals surface area contributed by atoms with E-state index >= 15 is 0 Å². The monoisotopic (exact) mass is 418 g/mol. The van der Waals surface area contributed by atoms with Crippen molar-refractivity contribution in [3.63, 3.8) is 0 Å². The summed E-state index contributed by atoms with van der Waals surface area (Å²) in [5.74, 6) is 0.709. The molecule has 1 N–H and O–H groups in total. The van der Waals surface area contributed by atoms with Gasteiger partial charge in [-0.1, -0.05) is 63.3 Å². The molecule has 0 aromatic heterocycles. The van der Waals surface area contributed by atoms with Crippen molar-refractivity contribution >= 4 is 14.5 Å². The number of hydrogen-bond acceptors (Lipinski definition) is 1. The first-order valence-electron chi connectivity index (χ1n) is 11.9. The van der Waals surface area contributed by atoms with Crippen LogP contribution in [0.15, 0.2) is 23.8 Å². The molecule has 1 aromatic carbocycles. The van der Waals surface area contributed by atoms with Gasteiger partial charge in [0.15, 0.2) is 0 Å². The van der Waals surface area contributed by atoms with E-state index in [2.05, 4.69) is 62.1 Å². The fraction of sp³-hybridized carbons (Fsp3) is 0.704. The molecule has 0 saturated carbocycles. The Labute approximate surface area is 184 Å². The van der Waals surface area contributed by atoms with E-state index in [0.717, 1.165) is 38.5 Å². The maximum absolute atomic E-state index is 10.7. The second-order valence-electron chi connectivity index (χ2n) is 9.66. The number of unbranched alkanes of at least 4 members (excludes halogenated alkanes) is 2. The third kappa shape index (κ3) is 10.8. The summed E-state index contributed by atoms with van der Waals surface area (Å²) in [6.45, 7) is 13.3. The van der Waals surface area contributed by atoms with Crippen molar-refractivity contribution in [2.24, 2.45) is 5.92 Å². The lowest BCUT2D eigenvalue weighted by Crippen LogP contribution is -2.24. The maximum atomic E-state index is 10.7. The fourth-order valence-electron chi connectivity index (χ4n) is 4.02. The van der Waals surface area contributed by atoms with E-state index < -0.39 is 5.60 Å². The lowest BCUT2D eigenvalue weighted by Gasteiger charge is -2.24. The van der Waals surface area contributed by atoms with Crippen LogP contribution in [0, 0.1) is 19.8 Å². The molecule has 0 aliphatic heterocycles. The molecule has 1 rings (SSSR count). The highest BCUT2D eigenvalue weighted by Gasteiger charge is 2.19. The average Bonchev–Trinajstić information content (AvgIpc) is 2.65. The molecule has 0 spiro atoms. The Morgan fingerprint density at radius 3 is 2.52 bits per heavy atom. The SMILES string of the molecule is CCCC/C=C(\C)CCCC(C)(O)CCCC(C)CCc1ccc(C)c(C)c1P. The van der Waals surface area contributed by atoms with Crippen LogP contribution in [0.2, 0.25) is 0 Å². The van der Waals surface area contributed by atoms with Crippen molar-refractivity contribution < 1.29 is 5.11 Å². The van der Waals surface area contributed by atoms with Gasteiger partial charge in [0.25, 0.3) is 0 Å². The third-order valence-corrected chi connectivity index (χ3v) is 7.34. The molecule has 0 fully saturated rings. The number of hydrogen-bond donors (Lipinski definition) is 1. The van der Waals surface area contributed by atoms with Gasteiger partial charge < -0.3 is 5.11 Å². The quantitative estimate of drug-likeness (QED) is 0.187. The van der Waals surface area contributed by atoms with Gasteiger partial charge in [0.05, 0.1) is 5.60 Å². The highest BCUT2D eigenvalue weighted by atomic mass is 31.0. The van der Waals surface area contributed by atoms with Gasteiger partial charge in [0.1, 0.15) is 0 Å². The van der Waals surface area contributed by atoms with Crippen molar-refractivity contribution in [3.05, 3.63) is 40.5 Å². The molecule has 0 saturated heterocycles. The standard InChI is InChI=1S/C27H47OP/c1-7-8-9-12-21(2)13-10-19-27(6,28)20-11-14-22(3)15-17-25-18-16-23(4)24(5)26(25)29/h12,16,18,22,28H,7-11,13-15,17,19-20,29H2,1-6H3/b21-12+. The van der Waals surface area contributed by atoms with Crippen molar-refractivity contribution in [1.29, 1.82) is 0 Å². The zero-order valence-corrected chi connectivity index (χ0v) is 21.3. The Balaban J connectivity index is 2.27. The molecule has 0 heterocycles. The second kappa shape index (κ2) is 13.6. The molecule has 29 heavy (non-hydrogen) atoms. The van der Waals surface area contributed by atoms with Crippen LogP contribution < -0.4 is 5.30 Å². The normalized spacial score (nSPS) is 15.4. The van der Waals surface area contributed by atoms with Gasteiger partial charge in [-0.3, -0.25) is 0 Å². The first-order chi connectivity index (χ1) is 13.7. The van der Waals surface area contributed by atoms with Crippen LogP contribution in [-0.4, -0.2) is 10.7 Å². The molecule has 0 amide bonds. The van der Waals surface area contributed by atoms with E-state index in [1.165, 1.54) is 59.7 Å². The fourth-order valence-corrected chi connectivity index (χ4v) is 4.49. The summed E-state index contributed by atoms with van der Waals surface area (Å²) in [4.78, 5) is 0. The molecule has 1 aromatic rings. The second-order valence-corrected chi connectivity index (χ2v) is 10.2. The Morgan fingerprint density at radius 2 is 1.83 bits per heavy atom. The summed E-state index contributed by atoms with van der Waals surface area (Å²) in [5, 5.41) is 12.1. The van der Waals surface area contributed by atoms with Gasteiger partial charge in [-0.15, -0.1) is 9.24 Å². The molecule has 3 atom stereocenters. The Morgan fingerprint density at radius 1 is 1.14 bits per heavy atom. The van der Waals surface area contributed by atoms with Crippen molar-refractivity contribution in [2.75, 3.05) is 0 Å². The molecule has 1 nitrogen and oxygen atoms in total. The Kier molecular flexibility index (Phi) is 12.4. The topological polar surface area (TPSA) is 20.2 Å². The van der Waals surface area contributed by atoms with Crippen LogP contribution >= 0.6 is 9.24 Å². The number of aryl methyl sites for hydroxylation is 2. The van der Waals surface area contributed by atoms with Gasteiger partial charge in [-0.05, 0) is 101 Å². The van der Waals surface area contributed by atoms with E-state index in [4.69, 9.17) is 0 Å². The highest BCUT2D eigenvalue weighted by Crippen LogP contribution is 2.25. The number of aliphatic hydroxyl groups is 1. The number of rotatable bonds is 14. The van der Waals surface area contributed by atoms with Crippen LogP contribution in [0.1, 0.15) is 109 Å². The van der Waals surface area contributed by atoms with E-state index in [-0.39, 0.29) is 0 Å². The lowest BCUT2D eigenvalue weighted by molar-refractivity contribution is 0.0365. The van der Waals surface area contributed by atoms with Crippen molar-refractivity contribution in [2.45, 2.75) is 118 Å². The van der Waals surface area contributed by atoms with Gasteiger partial charge in [0, 0.05) is 0 Å². The van der Waals surface area contributed by atoms with Gasteiger partial charge >= 0.3 is 0 Å². The molecule has 0 bridgehead atoms. The van der Waals surface area contributed by atoms with Crippen LogP contribution in [0.4, 0.5) is 0 Å². The summed E-state index contributed by atoms with van der Waals surface area (Å²) >= 11 is 0. The molecule has 166 valence electrons. The summed E-state index contributed by atoms with van der Waals surface area (Å²) < 4.78 is 0. The zero-order valence-electron chi connectivity index (χ0n) is 20.1. The van der Waals surface area contributed by atoms with E-state index in [1.54, 1.807) is 0 Å². The third-order valence-electron chi connectivity index (χ3n) is 6.53. The first kappa shape index (κ1) is 26.4. The molecule has 0 aliphatic rings. The molecule has 2 heteroatoms. The maximum Gasteiger partial charge on any atom is 0.0619 e.